The molecule has 0 aromatic heterocycles. The van der Waals surface area contributed by atoms with E-state index >= 15 is 0 Å². The molecule has 1 aromatic rings. The summed E-state index contributed by atoms with van der Waals surface area (Å²) >= 11 is 0. The number of methoxy groups -OCH3 is 2. The van der Waals surface area contributed by atoms with E-state index < -0.39 is 5.97 Å². The van der Waals surface area contributed by atoms with Crippen molar-refractivity contribution in [1.29, 1.82) is 0 Å². The van der Waals surface area contributed by atoms with Gasteiger partial charge in [0.25, 0.3) is 0 Å². The van der Waals surface area contributed by atoms with Crippen molar-refractivity contribution in [3.05, 3.63) is 23.8 Å². The highest BCUT2D eigenvalue weighted by Gasteiger charge is 2.35. The average molecular weight is 292 g/mol. The van der Waals surface area contributed by atoms with Crippen LogP contribution in [0.5, 0.6) is 11.5 Å². The Morgan fingerprint density at radius 2 is 1.95 bits per heavy atom. The van der Waals surface area contributed by atoms with E-state index in [4.69, 9.17) is 14.6 Å². The maximum absolute atomic E-state index is 11.1. The minimum Gasteiger partial charge on any atom is -0.497 e. The van der Waals surface area contributed by atoms with Crippen LogP contribution in [-0.4, -0.2) is 25.3 Å². The van der Waals surface area contributed by atoms with E-state index in [9.17, 15) is 4.79 Å². The van der Waals surface area contributed by atoms with Gasteiger partial charge in [-0.1, -0.05) is 18.9 Å². The van der Waals surface area contributed by atoms with Crippen molar-refractivity contribution in [3.63, 3.8) is 0 Å². The monoisotopic (exact) mass is 292 g/mol. The molecule has 1 aliphatic rings. The molecule has 1 aliphatic carbocycles. The average Bonchev–Trinajstić information content (AvgIpc) is 2.93. The molecule has 0 spiro atoms. The molecule has 2 rings (SSSR count). The summed E-state index contributed by atoms with van der Waals surface area (Å²) in [5, 5.41) is 9.16. The van der Waals surface area contributed by atoms with Gasteiger partial charge in [-0.05, 0) is 42.7 Å². The lowest BCUT2D eigenvalue weighted by Gasteiger charge is -2.27. The van der Waals surface area contributed by atoms with Gasteiger partial charge in [0.2, 0.25) is 0 Å². The van der Waals surface area contributed by atoms with Crippen LogP contribution >= 0.6 is 0 Å². The van der Waals surface area contributed by atoms with Crippen LogP contribution < -0.4 is 9.47 Å². The predicted octanol–water partition coefficient (Wildman–Crippen LogP) is 3.67. The first-order valence-corrected chi connectivity index (χ1v) is 7.51. The number of aryl methyl sites for hydroxylation is 1. The molecule has 0 bridgehead atoms. The van der Waals surface area contributed by atoms with Crippen molar-refractivity contribution in [2.45, 2.75) is 44.9 Å². The van der Waals surface area contributed by atoms with Crippen molar-refractivity contribution >= 4 is 5.97 Å². The minimum atomic E-state index is -0.682. The number of carbonyl (C=O) groups is 1. The van der Waals surface area contributed by atoms with Gasteiger partial charge in [-0.25, -0.2) is 0 Å². The Hall–Kier alpha value is -1.71. The van der Waals surface area contributed by atoms with E-state index in [1.807, 2.05) is 18.2 Å². The third-order valence-electron chi connectivity index (χ3n) is 4.61. The molecular weight excluding hydrogens is 268 g/mol. The van der Waals surface area contributed by atoms with Crippen LogP contribution in [0.3, 0.4) is 0 Å². The molecule has 0 saturated heterocycles. The molecular formula is C17H24O4. The minimum absolute atomic E-state index is 0.0310. The summed E-state index contributed by atoms with van der Waals surface area (Å²) in [7, 11) is 3.29. The van der Waals surface area contributed by atoms with E-state index in [1.165, 1.54) is 0 Å². The van der Waals surface area contributed by atoms with Crippen LogP contribution in [0.2, 0.25) is 0 Å². The quantitative estimate of drug-likeness (QED) is 0.833. The molecule has 1 fully saturated rings. The zero-order chi connectivity index (χ0) is 15.3. The van der Waals surface area contributed by atoms with Crippen molar-refractivity contribution in [2.75, 3.05) is 14.2 Å². The first-order valence-electron chi connectivity index (χ1n) is 7.51. The first-order chi connectivity index (χ1) is 10.1. The number of benzene rings is 1. The Morgan fingerprint density at radius 1 is 1.24 bits per heavy atom. The van der Waals surface area contributed by atoms with Gasteiger partial charge < -0.3 is 14.6 Å². The highest BCUT2D eigenvalue weighted by Crippen LogP contribution is 2.45. The molecule has 21 heavy (non-hydrogen) atoms. The molecule has 0 unspecified atom stereocenters. The Bertz CT molecular complexity index is 490. The Kier molecular flexibility index (Phi) is 5.10. The van der Waals surface area contributed by atoms with Crippen molar-refractivity contribution < 1.29 is 19.4 Å². The fourth-order valence-corrected chi connectivity index (χ4v) is 3.42. The molecule has 116 valence electrons. The third kappa shape index (κ3) is 3.90. The van der Waals surface area contributed by atoms with E-state index in [-0.39, 0.29) is 11.8 Å². The smallest absolute Gasteiger partial charge is 0.303 e. The van der Waals surface area contributed by atoms with E-state index in [2.05, 4.69) is 0 Å². The number of hydrogen-bond donors (Lipinski definition) is 1. The summed E-state index contributed by atoms with van der Waals surface area (Å²) in [5.74, 6) is 0.910. The van der Waals surface area contributed by atoms with Crippen LogP contribution in [-0.2, 0) is 11.2 Å². The summed E-state index contributed by atoms with van der Waals surface area (Å²) in [5.41, 5.74) is 1.09. The van der Waals surface area contributed by atoms with Gasteiger partial charge in [0, 0.05) is 6.07 Å². The first kappa shape index (κ1) is 15.7. The maximum atomic E-state index is 11.1. The van der Waals surface area contributed by atoms with Crippen LogP contribution in [0.25, 0.3) is 0 Å². The SMILES string of the molecule is COc1ccc(CCC2(CC(=O)O)CCCC2)c(OC)c1. The number of ether oxygens (including phenoxy) is 2. The summed E-state index contributed by atoms with van der Waals surface area (Å²) < 4.78 is 10.6. The van der Waals surface area contributed by atoms with Gasteiger partial charge in [-0.3, -0.25) is 4.79 Å². The Balaban J connectivity index is 2.08. The van der Waals surface area contributed by atoms with Gasteiger partial charge in [0.1, 0.15) is 11.5 Å². The van der Waals surface area contributed by atoms with Crippen molar-refractivity contribution in [1.82, 2.24) is 0 Å². The summed E-state index contributed by atoms with van der Waals surface area (Å²) in [4.78, 5) is 11.1. The van der Waals surface area contributed by atoms with E-state index in [1.54, 1.807) is 14.2 Å². The summed E-state index contributed by atoms with van der Waals surface area (Å²) in [6.07, 6.45) is 6.38. The molecule has 0 radical (unpaired) electrons. The molecule has 0 aliphatic heterocycles. The van der Waals surface area contributed by atoms with Gasteiger partial charge in [-0.2, -0.15) is 0 Å². The Morgan fingerprint density at radius 3 is 2.52 bits per heavy atom. The summed E-state index contributed by atoms with van der Waals surface area (Å²) in [6.45, 7) is 0. The van der Waals surface area contributed by atoms with Crippen LogP contribution in [0.15, 0.2) is 18.2 Å². The summed E-state index contributed by atoms with van der Waals surface area (Å²) in [6, 6.07) is 5.82. The van der Waals surface area contributed by atoms with Crippen LogP contribution in [0.4, 0.5) is 0 Å². The fraction of sp³-hybridized carbons (Fsp3) is 0.588. The number of carboxylic acids is 1. The molecule has 1 N–H and O–H groups in total. The van der Waals surface area contributed by atoms with Gasteiger partial charge in [-0.15, -0.1) is 0 Å². The largest absolute Gasteiger partial charge is 0.497 e. The second kappa shape index (κ2) is 6.83. The molecule has 0 atom stereocenters. The highest BCUT2D eigenvalue weighted by atomic mass is 16.5. The lowest BCUT2D eigenvalue weighted by Crippen LogP contribution is -2.21. The number of hydrogen-bond acceptors (Lipinski definition) is 3. The standard InChI is InChI=1S/C17H24O4/c1-20-14-6-5-13(15(11-14)21-2)7-10-17(12-16(18)19)8-3-4-9-17/h5-6,11H,3-4,7-10,12H2,1-2H3,(H,18,19). The molecule has 1 aromatic carbocycles. The maximum Gasteiger partial charge on any atom is 0.303 e. The lowest BCUT2D eigenvalue weighted by molar-refractivity contribution is -0.139. The molecule has 4 nitrogen and oxygen atoms in total. The van der Waals surface area contributed by atoms with Crippen LogP contribution in [0.1, 0.15) is 44.1 Å². The number of aliphatic carboxylic acids is 1. The number of carboxylic acid groups (broad SMARTS) is 1. The lowest BCUT2D eigenvalue weighted by atomic mass is 9.77. The van der Waals surface area contributed by atoms with Gasteiger partial charge >= 0.3 is 5.97 Å². The van der Waals surface area contributed by atoms with Gasteiger partial charge in [0.15, 0.2) is 0 Å². The van der Waals surface area contributed by atoms with Crippen molar-refractivity contribution in [2.24, 2.45) is 5.41 Å². The predicted molar refractivity (Wildman–Crippen MR) is 81.0 cm³/mol. The molecule has 0 amide bonds. The van der Waals surface area contributed by atoms with Crippen molar-refractivity contribution in [3.8, 4) is 11.5 Å². The van der Waals surface area contributed by atoms with E-state index in [0.717, 1.165) is 55.6 Å². The van der Waals surface area contributed by atoms with Crippen LogP contribution in [0, 0.1) is 5.41 Å². The zero-order valence-corrected chi connectivity index (χ0v) is 12.9. The second-order valence-electron chi connectivity index (χ2n) is 5.96. The topological polar surface area (TPSA) is 55.8 Å². The van der Waals surface area contributed by atoms with Gasteiger partial charge in [0.05, 0.1) is 20.6 Å². The zero-order valence-electron chi connectivity index (χ0n) is 12.9. The Labute approximate surface area is 126 Å². The molecule has 4 heteroatoms. The molecule has 0 heterocycles. The molecule has 1 saturated carbocycles. The highest BCUT2D eigenvalue weighted by molar-refractivity contribution is 5.67. The second-order valence-corrected chi connectivity index (χ2v) is 5.96. The fourth-order valence-electron chi connectivity index (χ4n) is 3.42. The normalized spacial score (nSPS) is 16.7. The van der Waals surface area contributed by atoms with E-state index in [0.29, 0.717) is 0 Å². The third-order valence-corrected chi connectivity index (χ3v) is 4.61. The number of rotatable bonds is 7.